The fourth-order valence-corrected chi connectivity index (χ4v) is 3.26. The highest BCUT2D eigenvalue weighted by atomic mass is 35.5. The Morgan fingerprint density at radius 1 is 0.933 bits per heavy atom. The largest absolute Gasteiger partial charge is 0.493 e. The molecule has 0 radical (unpaired) electrons. The Labute approximate surface area is 188 Å². The van der Waals surface area contributed by atoms with Gasteiger partial charge in [-0.05, 0) is 60.8 Å². The highest BCUT2D eigenvalue weighted by Crippen LogP contribution is 2.37. The lowest BCUT2D eigenvalue weighted by atomic mass is 10.1. The minimum Gasteiger partial charge on any atom is -0.493 e. The van der Waals surface area contributed by atoms with Crippen LogP contribution in [0.3, 0.4) is 0 Å². The van der Waals surface area contributed by atoms with E-state index >= 15 is 0 Å². The molecule has 0 aromatic heterocycles. The molecule has 3 rings (SSSR count). The Morgan fingerprint density at radius 3 is 2.27 bits per heavy atom. The highest BCUT2D eigenvalue weighted by molar-refractivity contribution is 6.32. The molecule has 1 N–H and O–H groups in total. The monoisotopic (exact) mass is 449 g/mol. The van der Waals surface area contributed by atoms with Crippen LogP contribution in [-0.2, 0) is 19.6 Å². The molecule has 0 aliphatic heterocycles. The van der Waals surface area contributed by atoms with E-state index in [2.05, 4.69) is 24.4 Å². The molecule has 0 aliphatic carbocycles. The zero-order valence-electron chi connectivity index (χ0n) is 17.1. The predicted octanol–water partition coefficient (Wildman–Crippen LogP) is 6.13. The van der Waals surface area contributed by atoms with Crippen molar-refractivity contribution in [1.82, 2.24) is 5.32 Å². The van der Waals surface area contributed by atoms with Gasteiger partial charge in [0.1, 0.15) is 12.4 Å². The summed E-state index contributed by atoms with van der Waals surface area (Å²) in [5.41, 5.74) is 4.38. The van der Waals surface area contributed by atoms with Crippen molar-refractivity contribution < 1.29 is 13.9 Å². The van der Waals surface area contributed by atoms with Gasteiger partial charge in [-0.3, -0.25) is 0 Å². The highest BCUT2D eigenvalue weighted by Gasteiger charge is 2.12. The van der Waals surface area contributed by atoms with Crippen LogP contribution >= 0.6 is 24.0 Å². The third kappa shape index (κ3) is 6.91. The summed E-state index contributed by atoms with van der Waals surface area (Å²) in [5.74, 6) is 0.942. The Kier molecular flexibility index (Phi) is 9.44. The van der Waals surface area contributed by atoms with Crippen LogP contribution in [0.25, 0.3) is 0 Å². The summed E-state index contributed by atoms with van der Waals surface area (Å²) < 4.78 is 24.4. The molecule has 30 heavy (non-hydrogen) atoms. The van der Waals surface area contributed by atoms with E-state index in [9.17, 15) is 4.39 Å². The maximum Gasteiger partial charge on any atom is 0.180 e. The lowest BCUT2D eigenvalue weighted by molar-refractivity contribution is 0.284. The average Bonchev–Trinajstić information content (AvgIpc) is 2.72. The summed E-state index contributed by atoms with van der Waals surface area (Å²) in [6.07, 6.45) is 0.822. The Hall–Kier alpha value is -2.27. The number of aryl methyl sites for hydroxylation is 1. The van der Waals surface area contributed by atoms with Gasteiger partial charge >= 0.3 is 0 Å². The Balaban J connectivity index is 0.00000320. The molecule has 160 valence electrons. The third-order valence-electron chi connectivity index (χ3n) is 4.63. The maximum absolute atomic E-state index is 13.0. The summed E-state index contributed by atoms with van der Waals surface area (Å²) in [5, 5.41) is 3.90. The number of nitrogens with one attached hydrogen (secondary N) is 1. The summed E-state index contributed by atoms with van der Waals surface area (Å²) in [7, 11) is 1.61. The van der Waals surface area contributed by atoms with Crippen molar-refractivity contribution >= 4 is 24.0 Å². The van der Waals surface area contributed by atoms with Gasteiger partial charge in [-0.25, -0.2) is 4.39 Å². The first-order valence-corrected chi connectivity index (χ1v) is 9.93. The van der Waals surface area contributed by atoms with Crippen molar-refractivity contribution in [3.05, 3.63) is 93.8 Å². The fourth-order valence-electron chi connectivity index (χ4n) is 2.97. The molecule has 0 atom stereocenters. The zero-order valence-corrected chi connectivity index (χ0v) is 18.7. The number of ether oxygens (including phenoxy) is 2. The molecule has 0 fully saturated rings. The van der Waals surface area contributed by atoms with Crippen molar-refractivity contribution in [2.75, 3.05) is 13.7 Å². The number of methoxy groups -OCH3 is 1. The molecular formula is C24H26Cl2FNO2. The van der Waals surface area contributed by atoms with Crippen molar-refractivity contribution in [1.29, 1.82) is 0 Å². The normalized spacial score (nSPS) is 10.4. The number of hydrogen-bond acceptors (Lipinski definition) is 3. The van der Waals surface area contributed by atoms with Crippen LogP contribution in [0.5, 0.6) is 11.5 Å². The summed E-state index contributed by atoms with van der Waals surface area (Å²) in [6.45, 7) is 3.90. The molecule has 3 nitrogen and oxygen atoms in total. The minimum absolute atomic E-state index is 0. The molecule has 0 bridgehead atoms. The van der Waals surface area contributed by atoms with Gasteiger partial charge in [0.25, 0.3) is 0 Å². The lowest BCUT2D eigenvalue weighted by Gasteiger charge is -2.15. The van der Waals surface area contributed by atoms with Crippen LogP contribution in [-0.4, -0.2) is 13.7 Å². The first-order valence-electron chi connectivity index (χ1n) is 9.55. The van der Waals surface area contributed by atoms with Gasteiger partial charge in [0.15, 0.2) is 11.5 Å². The van der Waals surface area contributed by atoms with Crippen molar-refractivity contribution in [3.63, 3.8) is 0 Å². The molecule has 0 heterocycles. The van der Waals surface area contributed by atoms with E-state index in [4.69, 9.17) is 21.1 Å². The average molecular weight is 450 g/mol. The van der Waals surface area contributed by atoms with E-state index < -0.39 is 0 Å². The molecule has 3 aromatic rings. The molecule has 0 aliphatic rings. The molecule has 0 saturated heterocycles. The number of rotatable bonds is 9. The van der Waals surface area contributed by atoms with Crippen molar-refractivity contribution in [3.8, 4) is 11.5 Å². The number of hydrogen-bond donors (Lipinski definition) is 1. The molecule has 3 aromatic carbocycles. The van der Waals surface area contributed by atoms with Crippen LogP contribution in [0.15, 0.2) is 60.7 Å². The van der Waals surface area contributed by atoms with Gasteiger partial charge < -0.3 is 14.8 Å². The van der Waals surface area contributed by atoms with Crippen molar-refractivity contribution in [2.45, 2.75) is 26.5 Å². The minimum atomic E-state index is -0.215. The van der Waals surface area contributed by atoms with Gasteiger partial charge in [-0.2, -0.15) is 0 Å². The van der Waals surface area contributed by atoms with Gasteiger partial charge in [-0.1, -0.05) is 53.6 Å². The van der Waals surface area contributed by atoms with E-state index in [1.807, 2.05) is 24.3 Å². The van der Waals surface area contributed by atoms with E-state index in [-0.39, 0.29) is 18.2 Å². The fraction of sp³-hybridized carbons (Fsp3) is 0.250. The second kappa shape index (κ2) is 11.8. The molecule has 0 unspecified atom stereocenters. The number of benzene rings is 3. The van der Waals surface area contributed by atoms with Crippen LogP contribution in [0.4, 0.5) is 4.39 Å². The first kappa shape index (κ1) is 24.0. The first-order chi connectivity index (χ1) is 14.0. The molecule has 0 spiro atoms. The second-order valence-electron chi connectivity index (χ2n) is 6.94. The van der Waals surface area contributed by atoms with Crippen LogP contribution in [0, 0.1) is 12.7 Å². The van der Waals surface area contributed by atoms with E-state index in [0.29, 0.717) is 29.7 Å². The van der Waals surface area contributed by atoms with E-state index in [1.54, 1.807) is 19.2 Å². The Bertz CT molecular complexity index is 931. The van der Waals surface area contributed by atoms with E-state index in [0.717, 1.165) is 29.7 Å². The van der Waals surface area contributed by atoms with Gasteiger partial charge in [0, 0.05) is 6.54 Å². The molecule has 6 heteroatoms. The Morgan fingerprint density at radius 2 is 1.60 bits per heavy atom. The molecule has 0 saturated carbocycles. The maximum atomic E-state index is 13.0. The van der Waals surface area contributed by atoms with Gasteiger partial charge in [0.05, 0.1) is 12.1 Å². The van der Waals surface area contributed by atoms with Crippen LogP contribution < -0.4 is 14.8 Å². The summed E-state index contributed by atoms with van der Waals surface area (Å²) >= 11 is 6.46. The summed E-state index contributed by atoms with van der Waals surface area (Å²) in [6, 6.07) is 18.6. The quantitative estimate of drug-likeness (QED) is 0.398. The molecular weight excluding hydrogens is 424 g/mol. The lowest BCUT2D eigenvalue weighted by Crippen LogP contribution is -2.16. The smallest absolute Gasteiger partial charge is 0.180 e. The van der Waals surface area contributed by atoms with Crippen molar-refractivity contribution in [2.24, 2.45) is 0 Å². The van der Waals surface area contributed by atoms with Gasteiger partial charge in [-0.15, -0.1) is 12.4 Å². The topological polar surface area (TPSA) is 30.5 Å². The standard InChI is InChI=1S/C24H25ClFNO2.ClH/c1-17-3-5-19(6-4-17)16-29-24-22(25)13-20(14-23(24)28-2)15-27-12-11-18-7-9-21(26)10-8-18;/h3-10,13-14,27H,11-12,15-16H2,1-2H3;1H. The van der Waals surface area contributed by atoms with E-state index in [1.165, 1.54) is 17.7 Å². The molecule has 0 amide bonds. The van der Waals surface area contributed by atoms with Crippen LogP contribution in [0.2, 0.25) is 5.02 Å². The predicted molar refractivity (Wildman–Crippen MR) is 123 cm³/mol. The number of halogens is 3. The SMILES string of the molecule is COc1cc(CNCCc2ccc(F)cc2)cc(Cl)c1OCc1ccc(C)cc1.Cl. The van der Waals surface area contributed by atoms with Crippen LogP contribution in [0.1, 0.15) is 22.3 Å². The summed E-state index contributed by atoms with van der Waals surface area (Å²) in [4.78, 5) is 0. The zero-order chi connectivity index (χ0) is 20.6. The van der Waals surface area contributed by atoms with Gasteiger partial charge in [0.2, 0.25) is 0 Å². The third-order valence-corrected chi connectivity index (χ3v) is 4.91. The second-order valence-corrected chi connectivity index (χ2v) is 7.34.